The zero-order valence-electron chi connectivity index (χ0n) is 29.5. The van der Waals surface area contributed by atoms with Crippen LogP contribution in [0, 0.1) is 11.3 Å². The van der Waals surface area contributed by atoms with Crippen LogP contribution in [0.1, 0.15) is 76.1 Å². The smallest absolute Gasteiger partial charge is 0.408 e. The third-order valence-corrected chi connectivity index (χ3v) is 9.53. The Hall–Kier alpha value is -5.19. The highest BCUT2D eigenvalue weighted by Crippen LogP contribution is 2.58. The van der Waals surface area contributed by atoms with Gasteiger partial charge in [-0.1, -0.05) is 62.4 Å². The van der Waals surface area contributed by atoms with Gasteiger partial charge in [-0.25, -0.2) is 14.6 Å². The second kappa shape index (κ2) is 13.6. The highest BCUT2D eigenvalue weighted by Gasteiger charge is 2.55. The molecular weight excluding hydrogens is 634 g/mol. The first-order chi connectivity index (χ1) is 23.7. The van der Waals surface area contributed by atoms with E-state index in [1.165, 1.54) is 7.11 Å². The molecule has 262 valence electrons. The lowest BCUT2D eigenvalue weighted by Gasteiger charge is -2.30. The van der Waals surface area contributed by atoms with Crippen LogP contribution in [0.3, 0.4) is 0 Å². The number of alkyl carbamates (subject to hydrolysis) is 2. The van der Waals surface area contributed by atoms with Gasteiger partial charge in [-0.05, 0) is 85.4 Å². The van der Waals surface area contributed by atoms with E-state index in [1.54, 1.807) is 32.9 Å². The molecule has 0 bridgehead atoms. The molecule has 1 aromatic heterocycles. The second-order valence-electron chi connectivity index (χ2n) is 14.9. The van der Waals surface area contributed by atoms with Gasteiger partial charge in [0.25, 0.3) is 0 Å². The lowest BCUT2D eigenvalue weighted by Crippen LogP contribution is -2.51. The van der Waals surface area contributed by atoms with Gasteiger partial charge in [0, 0.05) is 17.7 Å². The SMILES string of the molecule is COC(=O)NC(C(=O)N1CC2(CC2)CC1c1ncc(-c2ccc3cc(-c4ccc(C(=O)CNC(=O)OC(C)(C)C)cc4)ccc3c2)[nH]1)C(C)C. The number of likely N-dealkylation sites (tertiary alicyclic amines) is 1. The predicted octanol–water partition coefficient (Wildman–Crippen LogP) is 7.04. The van der Waals surface area contributed by atoms with Crippen LogP contribution in [0.2, 0.25) is 0 Å². The summed E-state index contributed by atoms with van der Waals surface area (Å²) in [4.78, 5) is 60.5. The van der Waals surface area contributed by atoms with Gasteiger partial charge in [0.05, 0.1) is 31.6 Å². The minimum Gasteiger partial charge on any atom is -0.453 e. The van der Waals surface area contributed by atoms with Crippen LogP contribution in [0.5, 0.6) is 0 Å². The standard InChI is InChI=1S/C39H45N5O6/c1-23(2)33(43-37(48)49-6)35(46)44-22-39(15-16-39)19-31(44)34-40-20-30(42-34)29-14-13-27-17-26(11-12-28(27)18-29)24-7-9-25(10-8-24)32(45)21-41-36(47)50-38(3,4)5/h7-14,17-18,20,23,31,33H,15-16,19,21-22H2,1-6H3,(H,40,42)(H,41,47)(H,43,48). The average Bonchev–Trinajstić information content (AvgIpc) is 3.47. The first-order valence-corrected chi connectivity index (χ1v) is 17.1. The summed E-state index contributed by atoms with van der Waals surface area (Å²) in [7, 11) is 1.30. The molecule has 1 saturated carbocycles. The molecular formula is C39H45N5O6. The molecule has 1 saturated heterocycles. The molecule has 3 aromatic carbocycles. The van der Waals surface area contributed by atoms with Crippen LogP contribution in [0.15, 0.2) is 66.9 Å². The van der Waals surface area contributed by atoms with Gasteiger partial charge in [-0.2, -0.15) is 0 Å². The van der Waals surface area contributed by atoms with E-state index < -0.39 is 23.8 Å². The van der Waals surface area contributed by atoms with Crippen molar-refractivity contribution in [2.24, 2.45) is 11.3 Å². The van der Waals surface area contributed by atoms with E-state index in [1.807, 2.05) is 37.1 Å². The van der Waals surface area contributed by atoms with E-state index in [-0.39, 0.29) is 35.6 Å². The molecule has 0 radical (unpaired) electrons. The number of ether oxygens (including phenoxy) is 2. The summed E-state index contributed by atoms with van der Waals surface area (Å²) in [6.07, 6.45) is 3.59. The van der Waals surface area contributed by atoms with E-state index >= 15 is 0 Å². The number of H-pyrrole nitrogens is 1. The number of carbonyl (C=O) groups is 4. The minimum absolute atomic E-state index is 0.105. The summed E-state index contributed by atoms with van der Waals surface area (Å²) in [6, 6.07) is 18.9. The highest BCUT2D eigenvalue weighted by molar-refractivity contribution is 5.99. The van der Waals surface area contributed by atoms with Crippen molar-refractivity contribution in [1.29, 1.82) is 0 Å². The molecule has 11 nitrogen and oxygen atoms in total. The van der Waals surface area contributed by atoms with Crippen molar-refractivity contribution >= 4 is 34.6 Å². The molecule has 1 aliphatic heterocycles. The molecule has 1 spiro atoms. The summed E-state index contributed by atoms with van der Waals surface area (Å²) in [5, 5.41) is 7.37. The number of nitrogens with one attached hydrogen (secondary N) is 3. The fourth-order valence-corrected chi connectivity index (χ4v) is 6.61. The zero-order chi connectivity index (χ0) is 35.8. The number of nitrogens with zero attached hydrogens (tertiary/aromatic N) is 2. The number of amides is 3. The Bertz CT molecular complexity index is 1920. The van der Waals surface area contributed by atoms with Crippen LogP contribution >= 0.6 is 0 Å². The number of aromatic amines is 1. The molecule has 2 atom stereocenters. The van der Waals surface area contributed by atoms with Gasteiger partial charge in [0.15, 0.2) is 5.78 Å². The lowest BCUT2D eigenvalue weighted by molar-refractivity contribution is -0.135. The van der Waals surface area contributed by atoms with E-state index in [4.69, 9.17) is 14.5 Å². The Kier molecular flexibility index (Phi) is 9.44. The summed E-state index contributed by atoms with van der Waals surface area (Å²) < 4.78 is 10.00. The molecule has 2 aliphatic rings. The predicted molar refractivity (Wildman–Crippen MR) is 190 cm³/mol. The molecule has 3 N–H and O–H groups in total. The van der Waals surface area contributed by atoms with Gasteiger partial charge in [-0.3, -0.25) is 9.59 Å². The normalized spacial score (nSPS) is 17.1. The molecule has 2 fully saturated rings. The van der Waals surface area contributed by atoms with E-state index in [0.29, 0.717) is 12.1 Å². The Morgan fingerprint density at radius 1 is 0.940 bits per heavy atom. The first-order valence-electron chi connectivity index (χ1n) is 17.1. The van der Waals surface area contributed by atoms with Crippen molar-refractivity contribution in [3.05, 3.63) is 78.2 Å². The quantitative estimate of drug-likeness (QED) is 0.161. The minimum atomic E-state index is -0.688. The summed E-state index contributed by atoms with van der Waals surface area (Å²) in [5.74, 6) is 0.322. The van der Waals surface area contributed by atoms with Crippen molar-refractivity contribution in [3.8, 4) is 22.4 Å². The van der Waals surface area contributed by atoms with Crippen LogP contribution in [-0.2, 0) is 14.3 Å². The number of aromatic nitrogens is 2. The maximum atomic E-state index is 13.8. The Balaban J connectivity index is 1.15. The van der Waals surface area contributed by atoms with Gasteiger partial charge >= 0.3 is 12.2 Å². The van der Waals surface area contributed by atoms with Gasteiger partial charge in [-0.15, -0.1) is 0 Å². The van der Waals surface area contributed by atoms with Gasteiger partial charge in [0.2, 0.25) is 5.91 Å². The molecule has 1 aliphatic carbocycles. The summed E-state index contributed by atoms with van der Waals surface area (Å²) in [5.41, 5.74) is 3.82. The molecule has 4 aromatic rings. The average molecular weight is 680 g/mol. The number of ketones is 1. The number of Topliss-reactive ketones (excluding diaryl/α,β-unsaturated/α-hetero) is 1. The molecule has 50 heavy (non-hydrogen) atoms. The third-order valence-electron chi connectivity index (χ3n) is 9.53. The van der Waals surface area contributed by atoms with Crippen LogP contribution in [0.4, 0.5) is 9.59 Å². The third kappa shape index (κ3) is 7.66. The van der Waals surface area contributed by atoms with Crippen molar-refractivity contribution in [2.75, 3.05) is 20.2 Å². The van der Waals surface area contributed by atoms with Crippen molar-refractivity contribution in [1.82, 2.24) is 25.5 Å². The molecule has 6 rings (SSSR count). The fourth-order valence-electron chi connectivity index (χ4n) is 6.61. The van der Waals surface area contributed by atoms with E-state index in [0.717, 1.165) is 58.2 Å². The molecule has 2 heterocycles. The van der Waals surface area contributed by atoms with Crippen molar-refractivity contribution < 1.29 is 28.7 Å². The largest absolute Gasteiger partial charge is 0.453 e. The number of fused-ring (bicyclic) bond motifs is 1. The maximum absolute atomic E-state index is 13.8. The number of benzene rings is 3. The maximum Gasteiger partial charge on any atom is 0.408 e. The topological polar surface area (TPSA) is 143 Å². The number of rotatable bonds is 9. The Morgan fingerprint density at radius 3 is 2.20 bits per heavy atom. The van der Waals surface area contributed by atoms with E-state index in [9.17, 15) is 19.2 Å². The van der Waals surface area contributed by atoms with Crippen LogP contribution in [-0.4, -0.2) is 70.6 Å². The summed E-state index contributed by atoms with van der Waals surface area (Å²) >= 11 is 0. The monoisotopic (exact) mass is 679 g/mol. The number of carbonyl (C=O) groups excluding carboxylic acids is 4. The molecule has 11 heteroatoms. The van der Waals surface area contributed by atoms with Crippen molar-refractivity contribution in [3.63, 3.8) is 0 Å². The van der Waals surface area contributed by atoms with E-state index in [2.05, 4.69) is 52.0 Å². The van der Waals surface area contributed by atoms with Crippen molar-refractivity contribution in [2.45, 2.75) is 71.6 Å². The number of methoxy groups -OCH3 is 1. The van der Waals surface area contributed by atoms with Crippen LogP contribution in [0.25, 0.3) is 33.2 Å². The molecule has 2 unspecified atom stereocenters. The number of hydrogen-bond donors (Lipinski definition) is 3. The van der Waals surface area contributed by atoms with Crippen LogP contribution < -0.4 is 10.6 Å². The molecule has 3 amide bonds. The van der Waals surface area contributed by atoms with Gasteiger partial charge in [0.1, 0.15) is 17.5 Å². The summed E-state index contributed by atoms with van der Waals surface area (Å²) in [6.45, 7) is 9.65. The zero-order valence-corrected chi connectivity index (χ0v) is 29.5. The fraction of sp³-hybridized carbons (Fsp3) is 0.410. The Labute approximate surface area is 292 Å². The Morgan fingerprint density at radius 2 is 1.58 bits per heavy atom. The first kappa shape index (κ1) is 34.7. The van der Waals surface area contributed by atoms with Gasteiger partial charge < -0.3 is 30.0 Å². The lowest BCUT2D eigenvalue weighted by atomic mass is 9.98. The highest BCUT2D eigenvalue weighted by atomic mass is 16.6. The number of hydrogen-bond acceptors (Lipinski definition) is 7. The second-order valence-corrected chi connectivity index (χ2v) is 14.9. The number of imidazole rings is 1.